The molecule has 0 bridgehead atoms. The highest BCUT2D eigenvalue weighted by Gasteiger charge is 2.25. The average molecular weight is 354 g/mol. The van der Waals surface area contributed by atoms with Gasteiger partial charge in [0.1, 0.15) is 11.5 Å². The largest absolute Gasteiger partial charge is 0.497 e. The molecule has 0 aromatic heterocycles. The maximum Gasteiger partial charge on any atom is 0.265 e. The molecule has 2 aromatic carbocycles. The molecular formula is C20H22N2O4. The standard InChI is InChI=1S/C20H22N2O4/c1-25-16-8-6-15(7-9-16)10-12-21-19(23)11-13-22-17-4-2-3-5-18(17)26-14-20(22)24/h2-9H,10-14H2,1H3,(H,21,23). The summed E-state index contributed by atoms with van der Waals surface area (Å²) < 4.78 is 10.5. The summed E-state index contributed by atoms with van der Waals surface area (Å²) in [6.45, 7) is 0.905. The quantitative estimate of drug-likeness (QED) is 0.827. The van der Waals surface area contributed by atoms with Crippen molar-refractivity contribution in [2.24, 2.45) is 0 Å². The molecule has 0 saturated heterocycles. The molecule has 6 nitrogen and oxygen atoms in total. The van der Waals surface area contributed by atoms with Crippen LogP contribution in [0.15, 0.2) is 48.5 Å². The van der Waals surface area contributed by atoms with Crippen LogP contribution in [0.25, 0.3) is 0 Å². The molecule has 0 saturated carbocycles. The monoisotopic (exact) mass is 354 g/mol. The summed E-state index contributed by atoms with van der Waals surface area (Å²) in [6.07, 6.45) is 0.998. The van der Waals surface area contributed by atoms with Crippen molar-refractivity contribution in [3.8, 4) is 11.5 Å². The molecule has 1 aliphatic heterocycles. The van der Waals surface area contributed by atoms with E-state index in [-0.39, 0.29) is 24.8 Å². The Morgan fingerprint density at radius 3 is 2.73 bits per heavy atom. The van der Waals surface area contributed by atoms with E-state index >= 15 is 0 Å². The van der Waals surface area contributed by atoms with Crippen molar-refractivity contribution in [3.05, 3.63) is 54.1 Å². The zero-order chi connectivity index (χ0) is 18.4. The van der Waals surface area contributed by atoms with E-state index < -0.39 is 0 Å². The third-order valence-electron chi connectivity index (χ3n) is 4.27. The van der Waals surface area contributed by atoms with Gasteiger partial charge in [-0.05, 0) is 36.2 Å². The SMILES string of the molecule is COc1ccc(CCNC(=O)CCN2C(=O)COc3ccccc32)cc1. The lowest BCUT2D eigenvalue weighted by Gasteiger charge is -2.29. The van der Waals surface area contributed by atoms with Gasteiger partial charge in [0, 0.05) is 19.5 Å². The molecule has 26 heavy (non-hydrogen) atoms. The van der Waals surface area contributed by atoms with Gasteiger partial charge in [-0.1, -0.05) is 24.3 Å². The van der Waals surface area contributed by atoms with E-state index in [1.807, 2.05) is 48.5 Å². The van der Waals surface area contributed by atoms with Crippen molar-refractivity contribution < 1.29 is 19.1 Å². The van der Waals surface area contributed by atoms with Crippen molar-refractivity contribution >= 4 is 17.5 Å². The lowest BCUT2D eigenvalue weighted by atomic mass is 10.1. The zero-order valence-electron chi connectivity index (χ0n) is 14.7. The molecule has 2 amide bonds. The normalized spacial score (nSPS) is 13.0. The Hall–Kier alpha value is -3.02. The van der Waals surface area contributed by atoms with E-state index in [0.29, 0.717) is 18.8 Å². The second-order valence-corrected chi connectivity index (χ2v) is 6.00. The number of carbonyl (C=O) groups is 2. The molecule has 1 aliphatic rings. The van der Waals surface area contributed by atoms with Gasteiger partial charge < -0.3 is 19.7 Å². The number of benzene rings is 2. The van der Waals surface area contributed by atoms with Gasteiger partial charge in [0.05, 0.1) is 12.8 Å². The number of hydrogen-bond donors (Lipinski definition) is 1. The first-order chi connectivity index (χ1) is 12.7. The highest BCUT2D eigenvalue weighted by molar-refractivity contribution is 5.98. The Balaban J connectivity index is 1.46. The van der Waals surface area contributed by atoms with Crippen LogP contribution < -0.4 is 19.7 Å². The van der Waals surface area contributed by atoms with Crippen LogP contribution in [0.4, 0.5) is 5.69 Å². The average Bonchev–Trinajstić information content (AvgIpc) is 2.68. The number of carbonyl (C=O) groups excluding carboxylic acids is 2. The molecule has 0 fully saturated rings. The summed E-state index contributed by atoms with van der Waals surface area (Å²) in [5.41, 5.74) is 1.85. The third-order valence-corrected chi connectivity index (χ3v) is 4.27. The molecule has 0 spiro atoms. The smallest absolute Gasteiger partial charge is 0.265 e. The van der Waals surface area contributed by atoms with Gasteiger partial charge >= 0.3 is 0 Å². The Morgan fingerprint density at radius 2 is 1.96 bits per heavy atom. The first-order valence-electron chi connectivity index (χ1n) is 8.59. The number of anilines is 1. The van der Waals surface area contributed by atoms with Gasteiger partial charge in [-0.3, -0.25) is 9.59 Å². The Morgan fingerprint density at radius 1 is 1.19 bits per heavy atom. The maximum absolute atomic E-state index is 12.1. The molecule has 0 unspecified atom stereocenters. The summed E-state index contributed by atoms with van der Waals surface area (Å²) in [7, 11) is 1.63. The van der Waals surface area contributed by atoms with E-state index in [1.165, 1.54) is 0 Å². The summed E-state index contributed by atoms with van der Waals surface area (Å²) >= 11 is 0. The van der Waals surface area contributed by atoms with Crippen molar-refractivity contribution in [2.75, 3.05) is 31.7 Å². The van der Waals surface area contributed by atoms with Crippen LogP contribution >= 0.6 is 0 Å². The Kier molecular flexibility index (Phi) is 5.73. The number of hydrogen-bond acceptors (Lipinski definition) is 4. The van der Waals surface area contributed by atoms with Gasteiger partial charge in [-0.25, -0.2) is 0 Å². The van der Waals surface area contributed by atoms with Crippen molar-refractivity contribution in [1.82, 2.24) is 5.32 Å². The van der Waals surface area contributed by atoms with E-state index in [9.17, 15) is 9.59 Å². The first kappa shape index (κ1) is 17.8. The number of para-hydroxylation sites is 2. The number of nitrogens with one attached hydrogen (secondary N) is 1. The second-order valence-electron chi connectivity index (χ2n) is 6.00. The predicted octanol–water partition coefficient (Wildman–Crippen LogP) is 2.17. The van der Waals surface area contributed by atoms with E-state index in [2.05, 4.69) is 5.32 Å². The number of methoxy groups -OCH3 is 1. The lowest BCUT2D eigenvalue weighted by Crippen LogP contribution is -2.41. The molecule has 6 heteroatoms. The fourth-order valence-electron chi connectivity index (χ4n) is 2.84. The first-order valence-corrected chi connectivity index (χ1v) is 8.59. The molecule has 0 radical (unpaired) electrons. The molecular weight excluding hydrogens is 332 g/mol. The van der Waals surface area contributed by atoms with E-state index in [1.54, 1.807) is 12.0 Å². The van der Waals surface area contributed by atoms with Gasteiger partial charge in [0.25, 0.3) is 5.91 Å². The molecule has 0 atom stereocenters. The van der Waals surface area contributed by atoms with Gasteiger partial charge in [0.2, 0.25) is 5.91 Å². The Bertz CT molecular complexity index is 774. The third kappa shape index (κ3) is 4.33. The van der Waals surface area contributed by atoms with Crippen LogP contribution in [0.3, 0.4) is 0 Å². The Labute approximate surface area is 152 Å². The number of ether oxygens (including phenoxy) is 2. The minimum Gasteiger partial charge on any atom is -0.497 e. The minimum absolute atomic E-state index is 0.0100. The number of nitrogens with zero attached hydrogens (tertiary/aromatic N) is 1. The highest BCUT2D eigenvalue weighted by atomic mass is 16.5. The summed E-state index contributed by atoms with van der Waals surface area (Å²) in [4.78, 5) is 25.8. The topological polar surface area (TPSA) is 67.9 Å². The van der Waals surface area contributed by atoms with Crippen LogP contribution in [-0.2, 0) is 16.0 Å². The molecule has 2 aromatic rings. The summed E-state index contributed by atoms with van der Waals surface area (Å²) in [6, 6.07) is 15.1. The van der Waals surface area contributed by atoms with Crippen LogP contribution in [0.5, 0.6) is 11.5 Å². The lowest BCUT2D eigenvalue weighted by molar-refractivity contribution is -0.122. The van der Waals surface area contributed by atoms with Gasteiger partial charge in [-0.15, -0.1) is 0 Å². The summed E-state index contributed by atoms with van der Waals surface area (Å²) in [5.74, 6) is 1.28. The van der Waals surface area contributed by atoms with Crippen molar-refractivity contribution in [3.63, 3.8) is 0 Å². The van der Waals surface area contributed by atoms with Crippen LogP contribution in [0, 0.1) is 0 Å². The fraction of sp³-hybridized carbons (Fsp3) is 0.300. The fourth-order valence-corrected chi connectivity index (χ4v) is 2.84. The maximum atomic E-state index is 12.1. The molecule has 0 aliphatic carbocycles. The van der Waals surface area contributed by atoms with Gasteiger partial charge in [-0.2, -0.15) is 0 Å². The number of rotatable bonds is 7. The minimum atomic E-state index is -0.130. The molecule has 1 N–H and O–H groups in total. The van der Waals surface area contributed by atoms with Gasteiger partial charge in [0.15, 0.2) is 6.61 Å². The molecule has 136 valence electrons. The molecule has 1 heterocycles. The predicted molar refractivity (Wildman–Crippen MR) is 98.6 cm³/mol. The van der Waals surface area contributed by atoms with E-state index in [0.717, 1.165) is 23.4 Å². The van der Waals surface area contributed by atoms with Crippen molar-refractivity contribution in [1.29, 1.82) is 0 Å². The summed E-state index contributed by atoms with van der Waals surface area (Å²) in [5, 5.41) is 2.90. The van der Waals surface area contributed by atoms with Crippen LogP contribution in [0.2, 0.25) is 0 Å². The second kappa shape index (κ2) is 8.38. The van der Waals surface area contributed by atoms with Crippen LogP contribution in [0.1, 0.15) is 12.0 Å². The van der Waals surface area contributed by atoms with Crippen LogP contribution in [-0.4, -0.2) is 38.6 Å². The van der Waals surface area contributed by atoms with Crippen molar-refractivity contribution in [2.45, 2.75) is 12.8 Å². The van der Waals surface area contributed by atoms with E-state index in [4.69, 9.17) is 9.47 Å². The number of fused-ring (bicyclic) bond motifs is 1. The number of amides is 2. The zero-order valence-corrected chi connectivity index (χ0v) is 14.7. The highest BCUT2D eigenvalue weighted by Crippen LogP contribution is 2.31. The molecule has 3 rings (SSSR count).